The molecule has 0 unspecified atom stereocenters. The molecule has 3 rings (SSSR count). The van der Waals surface area contributed by atoms with Crippen molar-refractivity contribution in [1.29, 1.82) is 5.26 Å². The van der Waals surface area contributed by atoms with E-state index in [1.807, 2.05) is 0 Å². The van der Waals surface area contributed by atoms with Crippen LogP contribution in [0.1, 0.15) is 32.4 Å². The van der Waals surface area contributed by atoms with Gasteiger partial charge in [0.2, 0.25) is 0 Å². The van der Waals surface area contributed by atoms with Crippen LogP contribution in [0.15, 0.2) is 45.2 Å². The van der Waals surface area contributed by atoms with Crippen molar-refractivity contribution in [2.45, 2.75) is 32.9 Å². The number of aliphatic imine (C=N–C) groups is 1. The number of benzene rings is 1. The minimum Gasteiger partial charge on any atom is -0.459 e. The van der Waals surface area contributed by atoms with Crippen LogP contribution in [0.5, 0.6) is 0 Å². The van der Waals surface area contributed by atoms with Crippen molar-refractivity contribution in [2.75, 3.05) is 0 Å². The van der Waals surface area contributed by atoms with Crippen molar-refractivity contribution < 1.29 is 9.53 Å². The van der Waals surface area contributed by atoms with Crippen molar-refractivity contribution in [1.82, 2.24) is 4.90 Å². The topological polar surface area (TPSA) is 91.7 Å². The van der Waals surface area contributed by atoms with Crippen LogP contribution in [0.3, 0.4) is 0 Å². The molecule has 0 bridgehead atoms. The third-order valence-electron chi connectivity index (χ3n) is 4.00. The molecule has 0 amide bonds. The maximum atomic E-state index is 12.9. The first kappa shape index (κ1) is 19.6. The largest absolute Gasteiger partial charge is 0.459 e. The number of carbonyl (C=O) groups excluding carboxylic acids is 1. The Morgan fingerprint density at radius 3 is 2.74 bits per heavy atom. The number of nitriles is 1. The van der Waals surface area contributed by atoms with E-state index in [4.69, 9.17) is 33.7 Å². The Morgan fingerprint density at radius 2 is 2.15 bits per heavy atom. The average Bonchev–Trinajstić information content (AvgIpc) is 2.88. The number of nitrogens with two attached hydrogens (primary N) is 1. The molecule has 0 saturated heterocycles. The predicted octanol–water partition coefficient (Wildman–Crippen LogP) is 4.33. The van der Waals surface area contributed by atoms with Crippen molar-refractivity contribution in [2.24, 2.45) is 10.7 Å². The van der Waals surface area contributed by atoms with Gasteiger partial charge in [-0.05, 0) is 50.2 Å². The van der Waals surface area contributed by atoms with Gasteiger partial charge in [-0.2, -0.15) is 5.26 Å². The summed E-state index contributed by atoms with van der Waals surface area (Å²) in [4.78, 5) is 19.3. The molecule has 1 aromatic carbocycles. The molecule has 0 aliphatic carbocycles. The lowest BCUT2D eigenvalue weighted by atomic mass is 9.94. The third kappa shape index (κ3) is 3.53. The third-order valence-corrected chi connectivity index (χ3v) is 5.54. The number of amidine groups is 1. The van der Waals surface area contributed by atoms with E-state index in [0.29, 0.717) is 37.0 Å². The van der Waals surface area contributed by atoms with Crippen LogP contribution in [-0.4, -0.2) is 22.1 Å². The van der Waals surface area contributed by atoms with E-state index in [1.165, 1.54) is 0 Å². The average molecular weight is 423 g/mol. The summed E-state index contributed by atoms with van der Waals surface area (Å²) in [6.07, 6.45) is -0.306. The van der Waals surface area contributed by atoms with Gasteiger partial charge in [-0.15, -0.1) is 0 Å². The van der Waals surface area contributed by atoms with Gasteiger partial charge in [0, 0.05) is 10.0 Å². The SMILES string of the molecule is CC1=C(C(=O)OC(C)C)[C@H](c2ccc(Cl)cc2Cl)N2C(=N1)SC(C#N)=C2N. The maximum Gasteiger partial charge on any atom is 0.338 e. The zero-order valence-corrected chi connectivity index (χ0v) is 17.1. The van der Waals surface area contributed by atoms with Crippen LogP contribution < -0.4 is 5.73 Å². The van der Waals surface area contributed by atoms with Gasteiger partial charge in [0.1, 0.15) is 16.8 Å². The number of thioether (sulfide) groups is 1. The van der Waals surface area contributed by atoms with Gasteiger partial charge in [-0.3, -0.25) is 4.90 Å². The van der Waals surface area contributed by atoms with E-state index in [0.717, 1.165) is 11.8 Å². The molecule has 0 saturated carbocycles. The van der Waals surface area contributed by atoms with Gasteiger partial charge in [0.25, 0.3) is 0 Å². The van der Waals surface area contributed by atoms with Crippen molar-refractivity contribution in [3.63, 3.8) is 0 Å². The Morgan fingerprint density at radius 1 is 1.44 bits per heavy atom. The Hall–Kier alpha value is -2.14. The fourth-order valence-corrected chi connectivity index (χ4v) is 4.32. The number of fused-ring (bicyclic) bond motifs is 1. The summed E-state index contributed by atoms with van der Waals surface area (Å²) in [7, 11) is 0. The Kier molecular flexibility index (Phi) is 5.43. The van der Waals surface area contributed by atoms with E-state index >= 15 is 0 Å². The molecular formula is C18H16Cl2N4O2S. The lowest BCUT2D eigenvalue weighted by Crippen LogP contribution is -2.39. The molecule has 0 radical (unpaired) electrons. The summed E-state index contributed by atoms with van der Waals surface area (Å²) in [5, 5.41) is 10.7. The molecule has 2 aliphatic rings. The van der Waals surface area contributed by atoms with Gasteiger partial charge < -0.3 is 10.5 Å². The van der Waals surface area contributed by atoms with E-state index < -0.39 is 12.0 Å². The maximum absolute atomic E-state index is 12.9. The molecule has 6 nitrogen and oxygen atoms in total. The van der Waals surface area contributed by atoms with Gasteiger partial charge in [-0.25, -0.2) is 9.79 Å². The van der Waals surface area contributed by atoms with Gasteiger partial charge >= 0.3 is 5.97 Å². The lowest BCUT2D eigenvalue weighted by Gasteiger charge is -2.35. The lowest BCUT2D eigenvalue weighted by molar-refractivity contribution is -0.143. The number of halogens is 2. The van der Waals surface area contributed by atoms with Gasteiger partial charge in [0.05, 0.1) is 23.4 Å². The van der Waals surface area contributed by atoms with E-state index in [-0.39, 0.29) is 11.9 Å². The van der Waals surface area contributed by atoms with Crippen LogP contribution in [0, 0.1) is 11.3 Å². The van der Waals surface area contributed by atoms with E-state index in [2.05, 4.69) is 11.1 Å². The predicted molar refractivity (Wildman–Crippen MR) is 107 cm³/mol. The Labute approximate surface area is 171 Å². The summed E-state index contributed by atoms with van der Waals surface area (Å²) in [6.45, 7) is 5.26. The molecule has 2 heterocycles. The first-order chi connectivity index (χ1) is 12.7. The summed E-state index contributed by atoms with van der Waals surface area (Å²) in [5.41, 5.74) is 7.62. The van der Waals surface area contributed by atoms with Crippen LogP contribution in [0.25, 0.3) is 0 Å². The number of hydrogen-bond donors (Lipinski definition) is 1. The molecule has 140 valence electrons. The first-order valence-corrected chi connectivity index (χ1v) is 9.64. The number of allylic oxidation sites excluding steroid dienone is 2. The fraction of sp³-hybridized carbons (Fsp3) is 0.278. The second-order valence-corrected chi connectivity index (χ2v) is 8.04. The number of ether oxygens (including phenoxy) is 1. The highest BCUT2D eigenvalue weighted by atomic mass is 35.5. The highest BCUT2D eigenvalue weighted by Gasteiger charge is 2.43. The zero-order chi connectivity index (χ0) is 19.9. The second-order valence-electron chi connectivity index (χ2n) is 6.21. The highest BCUT2D eigenvalue weighted by Crippen LogP contribution is 2.47. The normalized spacial score (nSPS) is 19.2. The van der Waals surface area contributed by atoms with Crippen LogP contribution in [0.4, 0.5) is 0 Å². The van der Waals surface area contributed by atoms with Crippen LogP contribution in [0.2, 0.25) is 10.0 Å². The number of hydrogen-bond acceptors (Lipinski definition) is 7. The first-order valence-electron chi connectivity index (χ1n) is 8.07. The van der Waals surface area contributed by atoms with Crippen molar-refractivity contribution in [3.8, 4) is 6.07 Å². The number of nitrogens with zero attached hydrogens (tertiary/aromatic N) is 3. The molecule has 2 N–H and O–H groups in total. The molecule has 27 heavy (non-hydrogen) atoms. The molecule has 9 heteroatoms. The molecule has 1 atom stereocenters. The molecule has 0 fully saturated rings. The number of rotatable bonds is 3. The summed E-state index contributed by atoms with van der Waals surface area (Å²) in [5.74, 6) is -0.288. The minimum absolute atomic E-state index is 0.222. The molecular weight excluding hydrogens is 407 g/mol. The Bertz CT molecular complexity index is 963. The second kappa shape index (κ2) is 7.47. The fourth-order valence-electron chi connectivity index (χ4n) is 2.90. The summed E-state index contributed by atoms with van der Waals surface area (Å²) >= 11 is 13.6. The van der Waals surface area contributed by atoms with Gasteiger partial charge in [0.15, 0.2) is 5.17 Å². The molecule has 0 aromatic heterocycles. The van der Waals surface area contributed by atoms with E-state index in [9.17, 15) is 10.1 Å². The summed E-state index contributed by atoms with van der Waals surface area (Å²) < 4.78 is 5.42. The van der Waals surface area contributed by atoms with Crippen LogP contribution >= 0.6 is 35.0 Å². The molecule has 1 aromatic rings. The smallest absolute Gasteiger partial charge is 0.338 e. The quantitative estimate of drug-likeness (QED) is 0.728. The standard InChI is InChI=1S/C18H16Cl2N4O2S/c1-8(2)26-17(25)14-9(3)23-18-24(16(22)13(7-21)27-18)15(14)11-5-4-10(19)6-12(11)20/h4-6,8,15H,22H2,1-3H3/t15-/m0/s1. The number of esters is 1. The van der Waals surface area contributed by atoms with Crippen molar-refractivity contribution in [3.05, 3.63) is 55.8 Å². The Balaban J connectivity index is 2.21. The van der Waals surface area contributed by atoms with E-state index in [1.54, 1.807) is 43.9 Å². The minimum atomic E-state index is -0.674. The van der Waals surface area contributed by atoms with Crippen molar-refractivity contribution >= 4 is 46.1 Å². The monoisotopic (exact) mass is 422 g/mol. The van der Waals surface area contributed by atoms with Crippen LogP contribution in [-0.2, 0) is 9.53 Å². The molecule has 2 aliphatic heterocycles. The zero-order valence-electron chi connectivity index (χ0n) is 14.8. The molecule has 0 spiro atoms. The van der Waals surface area contributed by atoms with Gasteiger partial charge in [-0.1, -0.05) is 29.3 Å². The highest BCUT2D eigenvalue weighted by molar-refractivity contribution is 8.17. The summed E-state index contributed by atoms with van der Waals surface area (Å²) in [6, 6.07) is 6.40. The number of carbonyl (C=O) groups is 1.